The third kappa shape index (κ3) is 2.39. The summed E-state index contributed by atoms with van der Waals surface area (Å²) in [4.78, 5) is 14.3. The molecule has 0 aliphatic rings. The lowest BCUT2D eigenvalue weighted by Crippen LogP contribution is -2.08. The van der Waals surface area contributed by atoms with Gasteiger partial charge < -0.3 is 10.1 Å². The van der Waals surface area contributed by atoms with E-state index in [4.69, 9.17) is 5.11 Å². The monoisotopic (exact) mass is 231 g/mol. The Hall–Kier alpha value is -1.61. The van der Waals surface area contributed by atoms with Crippen molar-refractivity contribution in [2.45, 2.75) is 26.2 Å². The second kappa shape index (κ2) is 4.72. The highest BCUT2D eigenvalue weighted by atomic mass is 16.3. The molecular formula is C14H17NO2. The van der Waals surface area contributed by atoms with E-state index in [1.807, 2.05) is 12.1 Å². The van der Waals surface area contributed by atoms with Crippen LogP contribution < -0.4 is 5.56 Å². The summed E-state index contributed by atoms with van der Waals surface area (Å²) in [5, 5.41) is 10.1. The van der Waals surface area contributed by atoms with Crippen molar-refractivity contribution in [3.8, 4) is 0 Å². The van der Waals surface area contributed by atoms with Gasteiger partial charge in [-0.15, -0.1) is 0 Å². The van der Waals surface area contributed by atoms with E-state index >= 15 is 0 Å². The summed E-state index contributed by atoms with van der Waals surface area (Å²) in [5.41, 5.74) is 2.88. The predicted octanol–water partition coefficient (Wildman–Crippen LogP) is 2.19. The first-order chi connectivity index (χ1) is 8.11. The minimum atomic E-state index is -0.113. The van der Waals surface area contributed by atoms with E-state index in [1.54, 1.807) is 6.07 Å². The van der Waals surface area contributed by atoms with E-state index in [1.165, 1.54) is 5.56 Å². The molecule has 0 saturated carbocycles. The zero-order chi connectivity index (χ0) is 12.4. The van der Waals surface area contributed by atoms with Crippen LogP contribution in [-0.2, 0) is 6.42 Å². The smallest absolute Gasteiger partial charge is 0.248 e. The van der Waals surface area contributed by atoms with Gasteiger partial charge in [0.2, 0.25) is 5.56 Å². The first kappa shape index (κ1) is 11.9. The lowest BCUT2D eigenvalue weighted by molar-refractivity contribution is 0.300. The molecule has 0 unspecified atom stereocenters. The summed E-state index contributed by atoms with van der Waals surface area (Å²) in [6, 6.07) is 7.64. The van der Waals surface area contributed by atoms with Gasteiger partial charge in [-0.1, -0.05) is 19.9 Å². The van der Waals surface area contributed by atoms with E-state index in [9.17, 15) is 4.79 Å². The van der Waals surface area contributed by atoms with Crippen LogP contribution >= 0.6 is 0 Å². The van der Waals surface area contributed by atoms with Gasteiger partial charge in [-0.3, -0.25) is 4.79 Å². The molecule has 0 atom stereocenters. The van der Waals surface area contributed by atoms with Crippen molar-refractivity contribution in [2.24, 2.45) is 0 Å². The SMILES string of the molecule is CC(C)c1ccc2[nH]c(=O)cc(CCO)c2c1. The van der Waals surface area contributed by atoms with Crippen LogP contribution in [0.4, 0.5) is 0 Å². The number of fused-ring (bicyclic) bond motifs is 1. The van der Waals surface area contributed by atoms with Gasteiger partial charge in [0, 0.05) is 23.6 Å². The molecule has 0 spiro atoms. The van der Waals surface area contributed by atoms with E-state index in [2.05, 4.69) is 24.9 Å². The quantitative estimate of drug-likeness (QED) is 0.850. The van der Waals surface area contributed by atoms with Gasteiger partial charge in [-0.05, 0) is 35.6 Å². The molecule has 0 amide bonds. The highest BCUT2D eigenvalue weighted by Gasteiger charge is 2.06. The Morgan fingerprint density at radius 2 is 2.06 bits per heavy atom. The van der Waals surface area contributed by atoms with Crippen LogP contribution in [0.25, 0.3) is 10.9 Å². The van der Waals surface area contributed by atoms with Crippen molar-refractivity contribution in [3.05, 3.63) is 45.7 Å². The summed E-state index contributed by atoms with van der Waals surface area (Å²) < 4.78 is 0. The van der Waals surface area contributed by atoms with Crippen LogP contribution in [0.3, 0.4) is 0 Å². The molecule has 0 aliphatic heterocycles. The van der Waals surface area contributed by atoms with Gasteiger partial charge in [-0.2, -0.15) is 0 Å². The summed E-state index contributed by atoms with van der Waals surface area (Å²) >= 11 is 0. The lowest BCUT2D eigenvalue weighted by atomic mass is 9.98. The number of H-pyrrole nitrogens is 1. The maximum Gasteiger partial charge on any atom is 0.248 e. The average Bonchev–Trinajstić information content (AvgIpc) is 2.28. The largest absolute Gasteiger partial charge is 0.396 e. The minimum absolute atomic E-state index is 0.0600. The first-order valence-electron chi connectivity index (χ1n) is 5.88. The highest BCUT2D eigenvalue weighted by molar-refractivity contribution is 5.82. The minimum Gasteiger partial charge on any atom is -0.396 e. The lowest BCUT2D eigenvalue weighted by Gasteiger charge is -2.09. The molecular weight excluding hydrogens is 214 g/mol. The number of hydrogen-bond acceptors (Lipinski definition) is 2. The van der Waals surface area contributed by atoms with Crippen LogP contribution in [0.2, 0.25) is 0 Å². The third-order valence-corrected chi connectivity index (χ3v) is 3.00. The number of aromatic nitrogens is 1. The Morgan fingerprint density at radius 1 is 1.29 bits per heavy atom. The molecule has 1 aromatic heterocycles. The van der Waals surface area contributed by atoms with E-state index in [0.29, 0.717) is 12.3 Å². The molecule has 17 heavy (non-hydrogen) atoms. The number of aromatic amines is 1. The van der Waals surface area contributed by atoms with Crippen LogP contribution in [0, 0.1) is 0 Å². The Morgan fingerprint density at radius 3 is 2.71 bits per heavy atom. The number of aliphatic hydroxyl groups is 1. The van der Waals surface area contributed by atoms with Crippen molar-refractivity contribution in [2.75, 3.05) is 6.61 Å². The van der Waals surface area contributed by atoms with Crippen molar-refractivity contribution in [1.82, 2.24) is 4.98 Å². The Labute approximate surface area is 100 Å². The molecule has 0 saturated heterocycles. The summed E-state index contributed by atoms with van der Waals surface area (Å²) in [5.74, 6) is 0.452. The van der Waals surface area contributed by atoms with Gasteiger partial charge in [0.25, 0.3) is 0 Å². The molecule has 3 heteroatoms. The van der Waals surface area contributed by atoms with Crippen LogP contribution in [-0.4, -0.2) is 16.7 Å². The molecule has 1 heterocycles. The number of rotatable bonds is 3. The maximum atomic E-state index is 11.5. The van der Waals surface area contributed by atoms with Crippen molar-refractivity contribution >= 4 is 10.9 Å². The van der Waals surface area contributed by atoms with Crippen molar-refractivity contribution in [3.63, 3.8) is 0 Å². The summed E-state index contributed by atoms with van der Waals surface area (Å²) in [7, 11) is 0. The fourth-order valence-electron chi connectivity index (χ4n) is 2.03. The number of hydrogen-bond donors (Lipinski definition) is 2. The maximum absolute atomic E-state index is 11.5. The zero-order valence-electron chi connectivity index (χ0n) is 10.2. The molecule has 2 N–H and O–H groups in total. The number of aliphatic hydroxyl groups excluding tert-OH is 1. The van der Waals surface area contributed by atoms with Gasteiger partial charge in [0.1, 0.15) is 0 Å². The Balaban J connectivity index is 2.68. The molecule has 0 aliphatic carbocycles. The normalized spacial score (nSPS) is 11.3. The van der Waals surface area contributed by atoms with Crippen LogP contribution in [0.1, 0.15) is 30.9 Å². The topological polar surface area (TPSA) is 53.1 Å². The third-order valence-electron chi connectivity index (χ3n) is 3.00. The van der Waals surface area contributed by atoms with Gasteiger partial charge in [0.05, 0.1) is 0 Å². The van der Waals surface area contributed by atoms with E-state index in [0.717, 1.165) is 16.5 Å². The second-order valence-corrected chi connectivity index (χ2v) is 4.59. The van der Waals surface area contributed by atoms with Gasteiger partial charge >= 0.3 is 0 Å². The standard InChI is InChI=1S/C14H17NO2/c1-9(2)10-3-4-13-12(7-10)11(5-6-16)8-14(17)15-13/h3-4,7-9,16H,5-6H2,1-2H3,(H,15,17). The van der Waals surface area contributed by atoms with Gasteiger partial charge in [0.15, 0.2) is 0 Å². The number of benzene rings is 1. The predicted molar refractivity (Wildman–Crippen MR) is 69.4 cm³/mol. The Bertz CT molecular complexity index is 584. The summed E-state index contributed by atoms with van der Waals surface area (Å²) in [6.07, 6.45) is 0.516. The van der Waals surface area contributed by atoms with Gasteiger partial charge in [-0.25, -0.2) is 0 Å². The summed E-state index contributed by atoms with van der Waals surface area (Å²) in [6.45, 7) is 4.33. The second-order valence-electron chi connectivity index (χ2n) is 4.59. The number of pyridine rings is 1. The fourth-order valence-corrected chi connectivity index (χ4v) is 2.03. The van der Waals surface area contributed by atoms with Crippen molar-refractivity contribution < 1.29 is 5.11 Å². The molecule has 0 radical (unpaired) electrons. The average molecular weight is 231 g/mol. The highest BCUT2D eigenvalue weighted by Crippen LogP contribution is 2.22. The molecule has 2 rings (SSSR count). The zero-order valence-corrected chi connectivity index (χ0v) is 10.2. The Kier molecular flexibility index (Phi) is 3.29. The molecule has 0 bridgehead atoms. The van der Waals surface area contributed by atoms with Crippen molar-refractivity contribution in [1.29, 1.82) is 0 Å². The molecule has 90 valence electrons. The van der Waals surface area contributed by atoms with E-state index in [-0.39, 0.29) is 12.2 Å². The van der Waals surface area contributed by atoms with Crippen LogP contribution in [0.15, 0.2) is 29.1 Å². The number of nitrogens with one attached hydrogen (secondary N) is 1. The van der Waals surface area contributed by atoms with E-state index < -0.39 is 0 Å². The van der Waals surface area contributed by atoms with Crippen LogP contribution in [0.5, 0.6) is 0 Å². The molecule has 3 nitrogen and oxygen atoms in total. The molecule has 1 aromatic carbocycles. The fraction of sp³-hybridized carbons (Fsp3) is 0.357. The molecule has 0 fully saturated rings. The molecule has 2 aromatic rings. The first-order valence-corrected chi connectivity index (χ1v) is 5.88.